The minimum Gasteiger partial charge on any atom is -0.493 e. The number of piperidine rings is 1. The minimum absolute atomic E-state index is 0.00527. The van der Waals surface area contributed by atoms with E-state index < -0.39 is 0 Å². The number of nitrogens with zero attached hydrogens (tertiary/aromatic N) is 2. The van der Waals surface area contributed by atoms with Gasteiger partial charge in [0, 0.05) is 25.2 Å². The van der Waals surface area contributed by atoms with Gasteiger partial charge in [-0.2, -0.15) is 5.26 Å². The third kappa shape index (κ3) is 5.86. The summed E-state index contributed by atoms with van der Waals surface area (Å²) < 4.78 is 5.65. The summed E-state index contributed by atoms with van der Waals surface area (Å²) in [5.74, 6) is 1.36. The molecule has 24 heavy (non-hydrogen) atoms. The predicted molar refractivity (Wildman–Crippen MR) is 94.8 cm³/mol. The Morgan fingerprint density at radius 1 is 1.42 bits per heavy atom. The lowest BCUT2D eigenvalue weighted by molar-refractivity contribution is -0.121. The Morgan fingerprint density at radius 2 is 2.17 bits per heavy atom. The number of nitriles is 1. The normalized spacial score (nSPS) is 18.2. The fraction of sp³-hybridized carbons (Fsp3) is 0.579. The largest absolute Gasteiger partial charge is 0.493 e. The maximum absolute atomic E-state index is 12.5. The quantitative estimate of drug-likeness (QED) is 0.833. The molecule has 1 heterocycles. The van der Waals surface area contributed by atoms with Gasteiger partial charge in [0.25, 0.3) is 0 Å². The number of ether oxygens (including phenoxy) is 1. The zero-order valence-corrected chi connectivity index (χ0v) is 14.6. The van der Waals surface area contributed by atoms with E-state index in [-0.39, 0.29) is 11.8 Å². The van der Waals surface area contributed by atoms with Gasteiger partial charge in [0.2, 0.25) is 5.91 Å². The van der Waals surface area contributed by atoms with Crippen molar-refractivity contribution in [3.05, 3.63) is 24.3 Å². The molecule has 5 nitrogen and oxygen atoms in total. The number of amides is 1. The average Bonchev–Trinajstić information content (AvgIpc) is 2.59. The number of carbonyl (C=O) groups is 1. The number of anilines is 1. The summed E-state index contributed by atoms with van der Waals surface area (Å²) in [5.41, 5.74) is 0.797. The van der Waals surface area contributed by atoms with Crippen molar-refractivity contribution in [1.82, 2.24) is 4.90 Å². The molecule has 130 valence electrons. The zero-order valence-electron chi connectivity index (χ0n) is 14.6. The lowest BCUT2D eigenvalue weighted by atomic mass is 9.97. The second kappa shape index (κ2) is 9.29. The van der Waals surface area contributed by atoms with E-state index in [0.29, 0.717) is 18.9 Å². The molecule has 1 atom stereocenters. The van der Waals surface area contributed by atoms with Crippen LogP contribution in [-0.2, 0) is 4.79 Å². The van der Waals surface area contributed by atoms with Crippen LogP contribution in [0.1, 0.15) is 33.1 Å². The number of likely N-dealkylation sites (tertiary alicyclic amines) is 1. The molecule has 1 N–H and O–H groups in total. The number of nitrogens with one attached hydrogen (secondary N) is 1. The molecular weight excluding hydrogens is 302 g/mol. The minimum atomic E-state index is -0.00527. The van der Waals surface area contributed by atoms with Gasteiger partial charge < -0.3 is 15.0 Å². The van der Waals surface area contributed by atoms with Crippen LogP contribution in [0.2, 0.25) is 0 Å². The van der Waals surface area contributed by atoms with Gasteiger partial charge in [0.05, 0.1) is 18.6 Å². The molecule has 0 bridgehead atoms. The van der Waals surface area contributed by atoms with Crippen molar-refractivity contribution in [3.8, 4) is 11.8 Å². The van der Waals surface area contributed by atoms with Crippen molar-refractivity contribution in [2.24, 2.45) is 11.8 Å². The first-order valence-corrected chi connectivity index (χ1v) is 8.71. The van der Waals surface area contributed by atoms with E-state index in [4.69, 9.17) is 10.00 Å². The molecule has 0 saturated carbocycles. The van der Waals surface area contributed by atoms with Crippen LogP contribution in [0.3, 0.4) is 0 Å². The Labute approximate surface area is 144 Å². The molecule has 1 saturated heterocycles. The van der Waals surface area contributed by atoms with E-state index >= 15 is 0 Å². The molecule has 1 aromatic carbocycles. The highest BCUT2D eigenvalue weighted by atomic mass is 16.5. The molecule has 1 aliphatic heterocycles. The molecule has 1 aliphatic rings. The number of carbonyl (C=O) groups excluding carboxylic acids is 1. The summed E-state index contributed by atoms with van der Waals surface area (Å²) >= 11 is 0. The Bertz CT molecular complexity index is 563. The standard InChI is InChI=1S/C19H27N3O2/c1-15(2)14-24-18-8-6-17(7-9-18)21-19(23)16-5-3-11-22(13-16)12-4-10-20/h6-9,15-16H,3-5,11-14H2,1-2H3,(H,21,23). The van der Waals surface area contributed by atoms with Gasteiger partial charge in [-0.05, 0) is 49.6 Å². The SMILES string of the molecule is CC(C)COc1ccc(NC(=O)C2CCCN(CCC#N)C2)cc1. The molecule has 0 aromatic heterocycles. The molecular formula is C19H27N3O2. The van der Waals surface area contributed by atoms with Crippen LogP contribution >= 0.6 is 0 Å². The second-order valence-corrected chi connectivity index (χ2v) is 6.77. The summed E-state index contributed by atoms with van der Waals surface area (Å²) in [6.45, 7) is 7.38. The van der Waals surface area contributed by atoms with Gasteiger partial charge in [-0.15, -0.1) is 0 Å². The zero-order chi connectivity index (χ0) is 17.4. The molecule has 0 spiro atoms. The molecule has 1 aromatic rings. The molecule has 1 amide bonds. The van der Waals surface area contributed by atoms with Crippen molar-refractivity contribution in [3.63, 3.8) is 0 Å². The van der Waals surface area contributed by atoms with Crippen LogP contribution in [-0.4, -0.2) is 37.0 Å². The summed E-state index contributed by atoms with van der Waals surface area (Å²) in [7, 11) is 0. The Hall–Kier alpha value is -2.06. The Balaban J connectivity index is 1.84. The molecule has 2 rings (SSSR count). The Morgan fingerprint density at radius 3 is 2.83 bits per heavy atom. The van der Waals surface area contributed by atoms with E-state index in [1.54, 1.807) is 0 Å². The Kier molecular flexibility index (Phi) is 7.07. The molecule has 0 radical (unpaired) electrons. The van der Waals surface area contributed by atoms with Gasteiger partial charge >= 0.3 is 0 Å². The third-order valence-electron chi connectivity index (χ3n) is 4.12. The summed E-state index contributed by atoms with van der Waals surface area (Å²) in [5, 5.41) is 11.7. The van der Waals surface area contributed by atoms with E-state index in [2.05, 4.69) is 30.1 Å². The summed E-state index contributed by atoms with van der Waals surface area (Å²) in [6, 6.07) is 9.70. The maximum Gasteiger partial charge on any atom is 0.228 e. The van der Waals surface area contributed by atoms with Crippen molar-refractivity contribution in [2.75, 3.05) is 31.6 Å². The first-order chi connectivity index (χ1) is 11.6. The number of rotatable bonds is 7. The van der Waals surface area contributed by atoms with Crippen molar-refractivity contribution >= 4 is 11.6 Å². The van der Waals surface area contributed by atoms with Crippen LogP contribution in [0, 0.1) is 23.2 Å². The van der Waals surface area contributed by atoms with Crippen LogP contribution < -0.4 is 10.1 Å². The van der Waals surface area contributed by atoms with Crippen molar-refractivity contribution in [2.45, 2.75) is 33.1 Å². The third-order valence-corrected chi connectivity index (χ3v) is 4.12. The van der Waals surface area contributed by atoms with Gasteiger partial charge in [0.1, 0.15) is 5.75 Å². The first-order valence-electron chi connectivity index (χ1n) is 8.71. The number of hydrogen-bond donors (Lipinski definition) is 1. The fourth-order valence-electron chi connectivity index (χ4n) is 2.82. The lowest BCUT2D eigenvalue weighted by Crippen LogP contribution is -2.41. The van der Waals surface area contributed by atoms with E-state index in [0.717, 1.165) is 43.9 Å². The van der Waals surface area contributed by atoms with Gasteiger partial charge in [-0.25, -0.2) is 0 Å². The van der Waals surface area contributed by atoms with Gasteiger partial charge in [-0.1, -0.05) is 13.8 Å². The highest BCUT2D eigenvalue weighted by Crippen LogP contribution is 2.21. The highest BCUT2D eigenvalue weighted by Gasteiger charge is 2.25. The number of benzene rings is 1. The predicted octanol–water partition coefficient (Wildman–Crippen LogP) is 3.29. The van der Waals surface area contributed by atoms with Crippen LogP contribution in [0.4, 0.5) is 5.69 Å². The summed E-state index contributed by atoms with van der Waals surface area (Å²) in [6.07, 6.45) is 2.43. The van der Waals surface area contributed by atoms with Crippen LogP contribution in [0.25, 0.3) is 0 Å². The summed E-state index contributed by atoms with van der Waals surface area (Å²) in [4.78, 5) is 14.7. The molecule has 0 aliphatic carbocycles. The smallest absolute Gasteiger partial charge is 0.228 e. The van der Waals surface area contributed by atoms with Crippen molar-refractivity contribution in [1.29, 1.82) is 5.26 Å². The van der Waals surface area contributed by atoms with E-state index in [1.165, 1.54) is 0 Å². The lowest BCUT2D eigenvalue weighted by Gasteiger charge is -2.31. The highest BCUT2D eigenvalue weighted by molar-refractivity contribution is 5.92. The second-order valence-electron chi connectivity index (χ2n) is 6.77. The van der Waals surface area contributed by atoms with Crippen LogP contribution in [0.5, 0.6) is 5.75 Å². The molecule has 5 heteroatoms. The fourth-order valence-corrected chi connectivity index (χ4v) is 2.82. The van der Waals surface area contributed by atoms with Gasteiger partial charge in [-0.3, -0.25) is 4.79 Å². The van der Waals surface area contributed by atoms with E-state index in [1.807, 2.05) is 24.3 Å². The number of hydrogen-bond acceptors (Lipinski definition) is 4. The maximum atomic E-state index is 12.5. The monoisotopic (exact) mass is 329 g/mol. The van der Waals surface area contributed by atoms with E-state index in [9.17, 15) is 4.79 Å². The average molecular weight is 329 g/mol. The molecule has 1 unspecified atom stereocenters. The van der Waals surface area contributed by atoms with Crippen LogP contribution in [0.15, 0.2) is 24.3 Å². The van der Waals surface area contributed by atoms with Gasteiger partial charge in [0.15, 0.2) is 0 Å². The topological polar surface area (TPSA) is 65.4 Å². The molecule has 1 fully saturated rings. The van der Waals surface area contributed by atoms with Crippen molar-refractivity contribution < 1.29 is 9.53 Å². The first kappa shape index (κ1) is 18.3.